The molecule has 1 heterocycles. The number of rotatable bonds is 7. The molecule has 7 nitrogen and oxygen atoms in total. The number of Topliss-reactive ketones (excluding diaryl/α,β-unsaturated/α-hetero) is 1. The molecule has 1 N–H and O–H groups in total. The fourth-order valence-electron chi connectivity index (χ4n) is 3.56. The highest BCUT2D eigenvalue weighted by Gasteiger charge is 2.46. The normalized spacial score (nSPS) is 18.1. The number of benzene rings is 2. The highest BCUT2D eigenvalue weighted by molar-refractivity contribution is 6.46. The van der Waals surface area contributed by atoms with Crippen LogP contribution in [0, 0.1) is 15.9 Å². The van der Waals surface area contributed by atoms with Crippen LogP contribution in [0.1, 0.15) is 43.4 Å². The quantitative estimate of drug-likeness (QED) is 0.182. The van der Waals surface area contributed by atoms with E-state index in [0.717, 1.165) is 12.8 Å². The summed E-state index contributed by atoms with van der Waals surface area (Å²) < 4.78 is 14.6. The van der Waals surface area contributed by atoms with E-state index < -0.39 is 34.2 Å². The van der Waals surface area contributed by atoms with E-state index in [4.69, 9.17) is 0 Å². The first-order valence-electron chi connectivity index (χ1n) is 9.64. The third-order valence-electron chi connectivity index (χ3n) is 5.09. The summed E-state index contributed by atoms with van der Waals surface area (Å²) in [4.78, 5) is 37.1. The molecule has 1 unspecified atom stereocenters. The number of hydrogen-bond acceptors (Lipinski definition) is 5. The number of likely N-dealkylation sites (tertiary alicyclic amines) is 1. The van der Waals surface area contributed by atoms with Crippen LogP contribution in [0.3, 0.4) is 0 Å². The van der Waals surface area contributed by atoms with Gasteiger partial charge in [-0.05, 0) is 24.6 Å². The molecular weight excluding hydrogens is 391 g/mol. The average molecular weight is 412 g/mol. The molecule has 1 aliphatic rings. The molecule has 3 rings (SSSR count). The molecule has 2 aromatic carbocycles. The van der Waals surface area contributed by atoms with Gasteiger partial charge in [0.25, 0.3) is 17.4 Å². The minimum atomic E-state index is -1.07. The Balaban J connectivity index is 2.12. The molecule has 156 valence electrons. The predicted molar refractivity (Wildman–Crippen MR) is 108 cm³/mol. The molecule has 0 aliphatic carbocycles. The van der Waals surface area contributed by atoms with E-state index in [0.29, 0.717) is 6.42 Å². The number of unbranched alkanes of at least 4 members (excludes halogenated alkanes) is 2. The Bertz CT molecular complexity index is 1020. The minimum absolute atomic E-state index is 0.108. The molecule has 0 spiro atoms. The van der Waals surface area contributed by atoms with E-state index >= 15 is 0 Å². The maximum Gasteiger partial charge on any atom is 0.295 e. The van der Waals surface area contributed by atoms with Gasteiger partial charge >= 0.3 is 0 Å². The number of nitro groups is 1. The van der Waals surface area contributed by atoms with Crippen molar-refractivity contribution in [3.8, 4) is 0 Å². The molecule has 2 aromatic rings. The summed E-state index contributed by atoms with van der Waals surface area (Å²) in [5.41, 5.74) is -0.169. The van der Waals surface area contributed by atoms with Crippen LogP contribution in [0.15, 0.2) is 54.1 Å². The Morgan fingerprint density at radius 3 is 2.40 bits per heavy atom. The lowest BCUT2D eigenvalue weighted by Gasteiger charge is -2.25. The molecule has 0 bridgehead atoms. The molecular formula is C22H21FN2O5. The second-order valence-electron chi connectivity index (χ2n) is 7.03. The molecule has 1 aliphatic heterocycles. The van der Waals surface area contributed by atoms with Crippen LogP contribution < -0.4 is 0 Å². The van der Waals surface area contributed by atoms with Crippen molar-refractivity contribution >= 4 is 23.1 Å². The molecule has 1 fully saturated rings. The number of hydrogen-bond donors (Lipinski definition) is 1. The first-order valence-corrected chi connectivity index (χ1v) is 9.64. The highest BCUT2D eigenvalue weighted by Crippen LogP contribution is 2.40. The van der Waals surface area contributed by atoms with E-state index in [1.165, 1.54) is 47.4 Å². The molecule has 1 amide bonds. The molecule has 0 aromatic heterocycles. The molecule has 0 radical (unpaired) electrons. The van der Waals surface area contributed by atoms with Crippen molar-refractivity contribution in [2.45, 2.75) is 32.2 Å². The molecule has 0 saturated carbocycles. The Kier molecular flexibility index (Phi) is 6.25. The number of aliphatic hydroxyl groups is 1. The van der Waals surface area contributed by atoms with Crippen LogP contribution in [-0.2, 0) is 9.59 Å². The van der Waals surface area contributed by atoms with Gasteiger partial charge in [-0.3, -0.25) is 19.7 Å². The van der Waals surface area contributed by atoms with E-state index in [1.54, 1.807) is 6.07 Å². The zero-order chi connectivity index (χ0) is 21.8. The van der Waals surface area contributed by atoms with Gasteiger partial charge in [-0.2, -0.15) is 0 Å². The number of amides is 1. The molecule has 1 atom stereocenters. The number of non-ortho nitro benzene ring substituents is 1. The van der Waals surface area contributed by atoms with Gasteiger partial charge in [0.05, 0.1) is 16.5 Å². The Morgan fingerprint density at radius 2 is 1.80 bits per heavy atom. The fraction of sp³-hybridized carbons (Fsp3) is 0.273. The van der Waals surface area contributed by atoms with Gasteiger partial charge in [-0.1, -0.05) is 38.0 Å². The number of ketones is 1. The summed E-state index contributed by atoms with van der Waals surface area (Å²) in [6.07, 6.45) is 2.36. The number of halogens is 1. The predicted octanol–water partition coefficient (Wildman–Crippen LogP) is 4.35. The van der Waals surface area contributed by atoms with Gasteiger partial charge in [0.15, 0.2) is 0 Å². The summed E-state index contributed by atoms with van der Waals surface area (Å²) in [5.74, 6) is -2.80. The summed E-state index contributed by atoms with van der Waals surface area (Å²) in [7, 11) is 0. The number of nitrogens with zero attached hydrogens (tertiary/aromatic N) is 2. The summed E-state index contributed by atoms with van der Waals surface area (Å²) in [6.45, 7) is 2.24. The average Bonchev–Trinajstić information content (AvgIpc) is 2.98. The first-order chi connectivity index (χ1) is 14.4. The van der Waals surface area contributed by atoms with E-state index in [2.05, 4.69) is 0 Å². The van der Waals surface area contributed by atoms with E-state index in [1.807, 2.05) is 6.92 Å². The van der Waals surface area contributed by atoms with Crippen molar-refractivity contribution in [3.63, 3.8) is 0 Å². The highest BCUT2D eigenvalue weighted by atomic mass is 19.1. The lowest BCUT2D eigenvalue weighted by atomic mass is 9.94. The third-order valence-corrected chi connectivity index (χ3v) is 5.09. The fourth-order valence-corrected chi connectivity index (χ4v) is 3.56. The second-order valence-corrected chi connectivity index (χ2v) is 7.03. The van der Waals surface area contributed by atoms with Crippen LogP contribution in [0.2, 0.25) is 0 Å². The number of carbonyl (C=O) groups excluding carboxylic acids is 2. The topological polar surface area (TPSA) is 101 Å². The zero-order valence-electron chi connectivity index (χ0n) is 16.4. The lowest BCUT2D eigenvalue weighted by Crippen LogP contribution is -2.31. The van der Waals surface area contributed by atoms with Crippen molar-refractivity contribution in [2.75, 3.05) is 6.54 Å². The molecule has 8 heteroatoms. The van der Waals surface area contributed by atoms with Crippen LogP contribution in [0.25, 0.3) is 5.76 Å². The van der Waals surface area contributed by atoms with Gasteiger partial charge in [-0.25, -0.2) is 4.39 Å². The number of nitro benzene ring substituents is 1. The third kappa shape index (κ3) is 3.94. The maximum atomic E-state index is 14.6. The monoisotopic (exact) mass is 412 g/mol. The molecule has 1 saturated heterocycles. The summed E-state index contributed by atoms with van der Waals surface area (Å²) in [6, 6.07) is 9.67. The van der Waals surface area contributed by atoms with Crippen LogP contribution in [0.4, 0.5) is 10.1 Å². The van der Waals surface area contributed by atoms with Gasteiger partial charge in [-0.15, -0.1) is 0 Å². The summed E-state index contributed by atoms with van der Waals surface area (Å²) >= 11 is 0. The maximum absolute atomic E-state index is 14.6. The Labute approximate surface area is 172 Å². The van der Waals surface area contributed by atoms with Crippen molar-refractivity contribution in [1.29, 1.82) is 0 Å². The van der Waals surface area contributed by atoms with Crippen molar-refractivity contribution in [3.05, 3.63) is 81.2 Å². The largest absolute Gasteiger partial charge is 0.507 e. The van der Waals surface area contributed by atoms with E-state index in [-0.39, 0.29) is 28.9 Å². The van der Waals surface area contributed by atoms with Gasteiger partial charge in [0.1, 0.15) is 11.6 Å². The Hall–Kier alpha value is -3.55. The smallest absolute Gasteiger partial charge is 0.295 e. The standard InChI is InChI=1S/C22H21FN2O5/c1-2-3-6-13-24-19(16-7-4-5-8-17(16)23)18(21(27)22(24)28)20(26)14-9-11-15(12-10-14)25(29)30/h4-5,7-12,19,26H,2-3,6,13H2,1H3/b20-18+. The van der Waals surface area contributed by atoms with Gasteiger partial charge in [0.2, 0.25) is 0 Å². The second kappa shape index (κ2) is 8.86. The van der Waals surface area contributed by atoms with Crippen LogP contribution in [0.5, 0.6) is 0 Å². The first kappa shape index (κ1) is 21.2. The van der Waals surface area contributed by atoms with Gasteiger partial charge in [0, 0.05) is 29.8 Å². The van der Waals surface area contributed by atoms with Crippen LogP contribution in [-0.4, -0.2) is 33.2 Å². The number of aliphatic hydroxyl groups excluding tert-OH is 1. The van der Waals surface area contributed by atoms with Crippen molar-refractivity contribution in [2.24, 2.45) is 0 Å². The lowest BCUT2D eigenvalue weighted by molar-refractivity contribution is -0.384. The SMILES string of the molecule is CCCCCN1C(=O)C(=O)/C(=C(/O)c2ccc([N+](=O)[O-])cc2)C1c1ccccc1F. The van der Waals surface area contributed by atoms with Crippen molar-refractivity contribution < 1.29 is 24.0 Å². The van der Waals surface area contributed by atoms with E-state index in [9.17, 15) is 29.2 Å². The minimum Gasteiger partial charge on any atom is -0.507 e. The van der Waals surface area contributed by atoms with Crippen molar-refractivity contribution in [1.82, 2.24) is 4.90 Å². The zero-order valence-corrected chi connectivity index (χ0v) is 16.4. The van der Waals surface area contributed by atoms with Gasteiger partial charge < -0.3 is 10.0 Å². The Morgan fingerprint density at radius 1 is 1.13 bits per heavy atom. The molecule has 30 heavy (non-hydrogen) atoms. The number of carbonyl (C=O) groups is 2. The summed E-state index contributed by atoms with van der Waals surface area (Å²) in [5, 5.41) is 21.7. The van der Waals surface area contributed by atoms with Crippen LogP contribution >= 0.6 is 0 Å².